The lowest BCUT2D eigenvalue weighted by molar-refractivity contribution is 0.0342. The molecule has 2 aliphatic rings. The van der Waals surface area contributed by atoms with Gasteiger partial charge in [0.15, 0.2) is 5.88 Å². The van der Waals surface area contributed by atoms with Gasteiger partial charge in [-0.15, -0.1) is 0 Å². The maximum Gasteiger partial charge on any atom is 0.271 e. The highest BCUT2D eigenvalue weighted by atomic mass is 16.5. The highest BCUT2D eigenvalue weighted by molar-refractivity contribution is 5.94. The van der Waals surface area contributed by atoms with Crippen LogP contribution in [0.15, 0.2) is 45.9 Å². The maximum absolute atomic E-state index is 12.3. The lowest BCUT2D eigenvalue weighted by Crippen LogP contribution is -2.35. The molecule has 154 valence electrons. The number of nitrogens with zero attached hydrogens (tertiary/aromatic N) is 3. The third-order valence-electron chi connectivity index (χ3n) is 5.02. The number of nitrogens with one attached hydrogen (secondary N) is 1. The summed E-state index contributed by atoms with van der Waals surface area (Å²) in [5.41, 5.74) is 4.30. The van der Waals surface area contributed by atoms with Gasteiger partial charge in [-0.05, 0) is 23.8 Å². The largest absolute Gasteiger partial charge is 0.440 e. The number of ether oxygens (including phenoxy) is 2. The van der Waals surface area contributed by atoms with Crippen LogP contribution in [-0.2, 0) is 16.0 Å². The number of rotatable bonds is 6. The third kappa shape index (κ3) is 5.44. The van der Waals surface area contributed by atoms with Gasteiger partial charge >= 0.3 is 0 Å². The third-order valence-corrected chi connectivity index (χ3v) is 5.02. The average Bonchev–Trinajstić information content (AvgIpc) is 3.24. The summed E-state index contributed by atoms with van der Waals surface area (Å²) in [5, 5.41) is 4.01. The Kier molecular flexibility index (Phi) is 6.56. The van der Waals surface area contributed by atoms with Gasteiger partial charge in [-0.3, -0.25) is 9.69 Å². The Labute approximate surface area is 170 Å². The second-order valence-corrected chi connectivity index (χ2v) is 7.06. The smallest absolute Gasteiger partial charge is 0.271 e. The fraction of sp³-hybridized carbons (Fsp3) is 0.429. The van der Waals surface area contributed by atoms with E-state index in [1.165, 1.54) is 11.8 Å². The molecule has 0 bridgehead atoms. The summed E-state index contributed by atoms with van der Waals surface area (Å²) in [7, 11) is 0. The quantitative estimate of drug-likeness (QED) is 0.590. The second-order valence-electron chi connectivity index (χ2n) is 7.06. The number of carbonyl (C=O) groups excluding carboxylic acids is 1. The van der Waals surface area contributed by atoms with Crippen LogP contribution in [0.25, 0.3) is 0 Å². The molecule has 29 heavy (non-hydrogen) atoms. The molecule has 0 unspecified atom stereocenters. The molecule has 1 aromatic heterocycles. The fourth-order valence-corrected chi connectivity index (χ4v) is 3.36. The van der Waals surface area contributed by atoms with Crippen molar-refractivity contribution in [3.05, 3.63) is 53.3 Å². The van der Waals surface area contributed by atoms with Gasteiger partial charge in [0, 0.05) is 44.4 Å². The van der Waals surface area contributed by atoms with E-state index < -0.39 is 0 Å². The van der Waals surface area contributed by atoms with Crippen molar-refractivity contribution in [3.63, 3.8) is 0 Å². The number of amides is 1. The normalized spacial score (nSPS) is 18.3. The molecule has 0 saturated carbocycles. The first-order chi connectivity index (χ1) is 14.3. The SMILES string of the molecule is O=C(N/N=C\c1ccc(N2CCOCC2)o1)c1ccc(CN2CCOCC2)cc1. The van der Waals surface area contributed by atoms with Crippen LogP contribution in [0.3, 0.4) is 0 Å². The molecular weight excluding hydrogens is 372 g/mol. The topological polar surface area (TPSA) is 79.5 Å². The Hall–Kier alpha value is -2.68. The number of morpholine rings is 2. The van der Waals surface area contributed by atoms with E-state index in [9.17, 15) is 4.79 Å². The summed E-state index contributed by atoms with van der Waals surface area (Å²) in [6, 6.07) is 11.3. The van der Waals surface area contributed by atoms with E-state index >= 15 is 0 Å². The van der Waals surface area contributed by atoms with Crippen molar-refractivity contribution in [1.82, 2.24) is 10.3 Å². The minimum atomic E-state index is -0.251. The molecular formula is C21H26N4O4. The Morgan fingerprint density at radius 2 is 1.66 bits per heavy atom. The number of hydrazone groups is 1. The zero-order valence-corrected chi connectivity index (χ0v) is 16.4. The summed E-state index contributed by atoms with van der Waals surface area (Å²) in [6.45, 7) is 7.33. The summed E-state index contributed by atoms with van der Waals surface area (Å²) in [4.78, 5) is 16.8. The molecule has 4 rings (SSSR count). The Morgan fingerprint density at radius 3 is 2.38 bits per heavy atom. The predicted octanol–water partition coefficient (Wildman–Crippen LogP) is 1.71. The van der Waals surface area contributed by atoms with Crippen molar-refractivity contribution >= 4 is 18.0 Å². The van der Waals surface area contributed by atoms with Gasteiger partial charge in [0.25, 0.3) is 5.91 Å². The fourth-order valence-electron chi connectivity index (χ4n) is 3.36. The van der Waals surface area contributed by atoms with Gasteiger partial charge in [-0.2, -0.15) is 5.10 Å². The van der Waals surface area contributed by atoms with Crippen LogP contribution in [-0.4, -0.2) is 69.6 Å². The Balaban J connectivity index is 1.27. The van der Waals surface area contributed by atoms with Crippen LogP contribution in [0.1, 0.15) is 21.7 Å². The molecule has 8 nitrogen and oxygen atoms in total. The maximum atomic E-state index is 12.3. The standard InChI is InChI=1S/C21H26N4O4/c26-21(18-3-1-17(2-4-18)16-24-7-11-27-12-8-24)23-22-15-19-5-6-20(29-19)25-9-13-28-14-10-25/h1-6,15H,7-14,16H2,(H,23,26)/b22-15-. The number of hydrogen-bond acceptors (Lipinski definition) is 7. The summed E-state index contributed by atoms with van der Waals surface area (Å²) in [6.07, 6.45) is 1.51. The van der Waals surface area contributed by atoms with Gasteiger partial charge in [0.2, 0.25) is 0 Å². The molecule has 1 aromatic carbocycles. The van der Waals surface area contributed by atoms with Crippen molar-refractivity contribution in [2.24, 2.45) is 5.10 Å². The molecule has 0 radical (unpaired) electrons. The van der Waals surface area contributed by atoms with Gasteiger partial charge in [0.1, 0.15) is 5.76 Å². The van der Waals surface area contributed by atoms with Gasteiger partial charge in [-0.1, -0.05) is 12.1 Å². The number of hydrogen-bond donors (Lipinski definition) is 1. The van der Waals surface area contributed by atoms with Crippen LogP contribution < -0.4 is 10.3 Å². The molecule has 0 spiro atoms. The van der Waals surface area contributed by atoms with Crippen LogP contribution in [0, 0.1) is 0 Å². The van der Waals surface area contributed by atoms with Gasteiger partial charge in [0.05, 0.1) is 32.6 Å². The van der Waals surface area contributed by atoms with E-state index in [0.29, 0.717) is 24.5 Å². The van der Waals surface area contributed by atoms with Crippen molar-refractivity contribution in [2.45, 2.75) is 6.54 Å². The molecule has 3 heterocycles. The molecule has 0 atom stereocenters. The first-order valence-corrected chi connectivity index (χ1v) is 9.93. The van der Waals surface area contributed by atoms with E-state index in [4.69, 9.17) is 13.9 Å². The van der Waals surface area contributed by atoms with Crippen LogP contribution in [0.2, 0.25) is 0 Å². The second kappa shape index (κ2) is 9.69. The zero-order chi connectivity index (χ0) is 19.9. The van der Waals surface area contributed by atoms with Gasteiger partial charge < -0.3 is 18.8 Å². The molecule has 2 fully saturated rings. The summed E-state index contributed by atoms with van der Waals surface area (Å²) >= 11 is 0. The van der Waals surface area contributed by atoms with Crippen molar-refractivity contribution < 1.29 is 18.7 Å². The highest BCUT2D eigenvalue weighted by Gasteiger charge is 2.14. The van der Waals surface area contributed by atoms with Crippen LogP contribution in [0.5, 0.6) is 0 Å². The predicted molar refractivity (Wildman–Crippen MR) is 109 cm³/mol. The molecule has 1 amide bonds. The van der Waals surface area contributed by atoms with Crippen molar-refractivity contribution in [2.75, 3.05) is 57.5 Å². The lowest BCUT2D eigenvalue weighted by Gasteiger charge is -2.26. The van der Waals surface area contributed by atoms with E-state index in [1.54, 1.807) is 0 Å². The van der Waals surface area contributed by atoms with Crippen molar-refractivity contribution in [3.8, 4) is 0 Å². The zero-order valence-electron chi connectivity index (χ0n) is 16.4. The Morgan fingerprint density at radius 1 is 0.966 bits per heavy atom. The van der Waals surface area contributed by atoms with Gasteiger partial charge in [-0.25, -0.2) is 5.43 Å². The Bertz CT molecular complexity index is 821. The van der Waals surface area contributed by atoms with E-state index in [2.05, 4.69) is 20.3 Å². The molecule has 1 N–H and O–H groups in total. The van der Waals surface area contributed by atoms with E-state index in [0.717, 1.165) is 51.8 Å². The number of benzene rings is 1. The monoisotopic (exact) mass is 398 g/mol. The minimum Gasteiger partial charge on any atom is -0.440 e. The van der Waals surface area contributed by atoms with E-state index in [-0.39, 0.29) is 5.91 Å². The molecule has 2 saturated heterocycles. The number of furan rings is 1. The minimum absolute atomic E-state index is 0.251. The molecule has 0 aliphatic carbocycles. The lowest BCUT2D eigenvalue weighted by atomic mass is 10.1. The summed E-state index contributed by atoms with van der Waals surface area (Å²) in [5.74, 6) is 1.13. The first kappa shape index (κ1) is 19.6. The number of anilines is 1. The highest BCUT2D eigenvalue weighted by Crippen LogP contribution is 2.18. The van der Waals surface area contributed by atoms with Crippen molar-refractivity contribution in [1.29, 1.82) is 0 Å². The van der Waals surface area contributed by atoms with E-state index in [1.807, 2.05) is 36.4 Å². The van der Waals surface area contributed by atoms with Crippen LogP contribution >= 0.6 is 0 Å². The molecule has 8 heteroatoms. The number of carbonyl (C=O) groups is 1. The van der Waals surface area contributed by atoms with Crippen LogP contribution in [0.4, 0.5) is 5.88 Å². The molecule has 2 aromatic rings. The first-order valence-electron chi connectivity index (χ1n) is 9.93. The average molecular weight is 398 g/mol. The molecule has 2 aliphatic heterocycles. The summed E-state index contributed by atoms with van der Waals surface area (Å²) < 4.78 is 16.5.